The molecule has 2 aliphatic heterocycles. The number of amides is 1. The van der Waals surface area contributed by atoms with Crippen LogP contribution in [-0.2, 0) is 4.79 Å². The van der Waals surface area contributed by atoms with Crippen LogP contribution in [0.3, 0.4) is 0 Å². The molecule has 2 fully saturated rings. The summed E-state index contributed by atoms with van der Waals surface area (Å²) in [6.07, 6.45) is 4.86. The molecule has 0 radical (unpaired) electrons. The normalized spacial score (nSPS) is 31.8. The molecule has 0 aromatic heterocycles. The van der Waals surface area contributed by atoms with E-state index >= 15 is 0 Å². The average Bonchev–Trinajstić information content (AvgIpc) is 3.04. The number of carbonyl (C=O) groups excluding carboxylic acids is 1. The third-order valence-electron chi connectivity index (χ3n) is 5.31. The molecule has 122 valence electrons. The van der Waals surface area contributed by atoms with Crippen LogP contribution in [0.5, 0.6) is 0 Å². The molecule has 4 atom stereocenters. The molecule has 2 aliphatic rings. The van der Waals surface area contributed by atoms with Crippen LogP contribution in [0.4, 0.5) is 0 Å². The summed E-state index contributed by atoms with van der Waals surface area (Å²) >= 11 is 0. The van der Waals surface area contributed by atoms with E-state index in [4.69, 9.17) is 0 Å². The summed E-state index contributed by atoms with van der Waals surface area (Å²) in [6, 6.07) is 1.81. The van der Waals surface area contributed by atoms with Crippen LogP contribution in [0.2, 0.25) is 0 Å². The number of nitrogens with one attached hydrogen (secondary N) is 1. The van der Waals surface area contributed by atoms with Crippen LogP contribution in [0, 0.1) is 0 Å². The van der Waals surface area contributed by atoms with E-state index in [2.05, 4.69) is 49.7 Å². The number of likely N-dealkylation sites (tertiary alicyclic amines) is 1. The van der Waals surface area contributed by atoms with Crippen LogP contribution in [-0.4, -0.2) is 59.0 Å². The topological polar surface area (TPSA) is 35.6 Å². The molecular weight excluding hydrogens is 262 g/mol. The highest BCUT2D eigenvalue weighted by Gasteiger charge is 2.37. The predicted octanol–water partition coefficient (Wildman–Crippen LogP) is 2.24. The number of carbonyl (C=O) groups is 1. The molecule has 2 rings (SSSR count). The van der Waals surface area contributed by atoms with Gasteiger partial charge in [-0.05, 0) is 66.8 Å². The van der Waals surface area contributed by atoms with Crippen LogP contribution >= 0.6 is 0 Å². The van der Waals surface area contributed by atoms with Crippen molar-refractivity contribution >= 4 is 5.91 Å². The van der Waals surface area contributed by atoms with Gasteiger partial charge in [0.05, 0.1) is 6.04 Å². The Hall–Kier alpha value is -0.610. The van der Waals surface area contributed by atoms with Crippen LogP contribution in [0.25, 0.3) is 0 Å². The standard InChI is InChI=1S/C17H33N3O/c1-12(2)19(11-16-7-6-10-18-16)17(21)15(5)20-13(3)8-9-14(20)4/h12-16,18H,6-11H2,1-5H3. The van der Waals surface area contributed by atoms with E-state index in [9.17, 15) is 4.79 Å². The lowest BCUT2D eigenvalue weighted by molar-refractivity contribution is -0.139. The van der Waals surface area contributed by atoms with Gasteiger partial charge < -0.3 is 10.2 Å². The highest BCUT2D eigenvalue weighted by molar-refractivity contribution is 5.82. The Morgan fingerprint density at radius 2 is 1.81 bits per heavy atom. The molecule has 1 N–H and O–H groups in total. The minimum Gasteiger partial charge on any atom is -0.337 e. The lowest BCUT2D eigenvalue weighted by Gasteiger charge is -2.37. The third kappa shape index (κ3) is 3.78. The van der Waals surface area contributed by atoms with E-state index in [1.54, 1.807) is 0 Å². The van der Waals surface area contributed by atoms with Crippen molar-refractivity contribution in [1.82, 2.24) is 15.1 Å². The fraction of sp³-hybridized carbons (Fsp3) is 0.941. The van der Waals surface area contributed by atoms with E-state index in [1.165, 1.54) is 25.7 Å². The van der Waals surface area contributed by atoms with Crippen molar-refractivity contribution in [2.45, 2.75) is 90.5 Å². The second kappa shape index (κ2) is 7.10. The van der Waals surface area contributed by atoms with Gasteiger partial charge in [-0.25, -0.2) is 0 Å². The van der Waals surface area contributed by atoms with Gasteiger partial charge in [0.2, 0.25) is 5.91 Å². The molecule has 0 aliphatic carbocycles. The number of hydrogen-bond donors (Lipinski definition) is 1. The molecule has 21 heavy (non-hydrogen) atoms. The molecule has 2 saturated heterocycles. The van der Waals surface area contributed by atoms with Gasteiger partial charge in [-0.2, -0.15) is 0 Å². The second-order valence-electron chi connectivity index (χ2n) is 7.28. The highest BCUT2D eigenvalue weighted by atomic mass is 16.2. The molecule has 0 spiro atoms. The molecule has 4 nitrogen and oxygen atoms in total. The van der Waals surface area contributed by atoms with Gasteiger partial charge in [0, 0.05) is 30.7 Å². The lowest BCUT2D eigenvalue weighted by Crippen LogP contribution is -2.54. The van der Waals surface area contributed by atoms with Crippen molar-refractivity contribution in [3.63, 3.8) is 0 Å². The Morgan fingerprint density at radius 3 is 2.29 bits per heavy atom. The fourth-order valence-electron chi connectivity index (χ4n) is 4.05. The van der Waals surface area contributed by atoms with Gasteiger partial charge in [-0.1, -0.05) is 0 Å². The molecule has 4 unspecified atom stereocenters. The number of nitrogens with zero attached hydrogens (tertiary/aromatic N) is 2. The Balaban J connectivity index is 2.02. The molecule has 4 heteroatoms. The predicted molar refractivity (Wildman–Crippen MR) is 87.3 cm³/mol. The van der Waals surface area contributed by atoms with Crippen LogP contribution in [0.15, 0.2) is 0 Å². The zero-order chi connectivity index (χ0) is 15.6. The summed E-state index contributed by atoms with van der Waals surface area (Å²) in [5.74, 6) is 0.305. The van der Waals surface area contributed by atoms with E-state index in [1.807, 2.05) is 0 Å². The largest absolute Gasteiger partial charge is 0.337 e. The summed E-state index contributed by atoms with van der Waals surface area (Å²) in [7, 11) is 0. The Labute approximate surface area is 130 Å². The van der Waals surface area contributed by atoms with Gasteiger partial charge in [-0.3, -0.25) is 9.69 Å². The highest BCUT2D eigenvalue weighted by Crippen LogP contribution is 2.27. The first-order chi connectivity index (χ1) is 9.91. The summed E-state index contributed by atoms with van der Waals surface area (Å²) in [5.41, 5.74) is 0. The van der Waals surface area contributed by atoms with Crippen molar-refractivity contribution in [3.05, 3.63) is 0 Å². The first kappa shape index (κ1) is 16.8. The quantitative estimate of drug-likeness (QED) is 0.845. The summed E-state index contributed by atoms with van der Waals surface area (Å²) in [6.45, 7) is 12.8. The van der Waals surface area contributed by atoms with Gasteiger partial charge in [0.15, 0.2) is 0 Å². The van der Waals surface area contributed by atoms with Crippen molar-refractivity contribution in [3.8, 4) is 0 Å². The van der Waals surface area contributed by atoms with Gasteiger partial charge in [-0.15, -0.1) is 0 Å². The first-order valence-corrected chi connectivity index (χ1v) is 8.73. The van der Waals surface area contributed by atoms with E-state index in [-0.39, 0.29) is 12.1 Å². The van der Waals surface area contributed by atoms with Crippen LogP contribution in [0.1, 0.15) is 60.3 Å². The summed E-state index contributed by atoms with van der Waals surface area (Å²) in [5, 5.41) is 3.52. The van der Waals surface area contributed by atoms with Gasteiger partial charge in [0.25, 0.3) is 0 Å². The van der Waals surface area contributed by atoms with Gasteiger partial charge in [0.1, 0.15) is 0 Å². The van der Waals surface area contributed by atoms with Crippen molar-refractivity contribution in [1.29, 1.82) is 0 Å². The fourth-order valence-corrected chi connectivity index (χ4v) is 4.05. The SMILES string of the molecule is CC(C)N(CC1CCCN1)C(=O)C(C)N1C(C)CCC1C. The van der Waals surface area contributed by atoms with E-state index in [0.717, 1.165) is 13.1 Å². The molecule has 2 heterocycles. The maximum absolute atomic E-state index is 13.0. The van der Waals surface area contributed by atoms with Crippen molar-refractivity contribution in [2.75, 3.05) is 13.1 Å². The maximum atomic E-state index is 13.0. The molecule has 0 saturated carbocycles. The Bertz CT molecular complexity index is 342. The summed E-state index contributed by atoms with van der Waals surface area (Å²) < 4.78 is 0. The molecule has 0 aromatic rings. The molecule has 1 amide bonds. The zero-order valence-electron chi connectivity index (χ0n) is 14.4. The Kier molecular flexibility index (Phi) is 5.67. The van der Waals surface area contributed by atoms with Crippen LogP contribution < -0.4 is 5.32 Å². The molecular formula is C17H33N3O. The molecule has 0 bridgehead atoms. The number of hydrogen-bond acceptors (Lipinski definition) is 3. The summed E-state index contributed by atoms with van der Waals surface area (Å²) in [4.78, 5) is 17.5. The minimum atomic E-state index is 0.00121. The number of rotatable bonds is 5. The van der Waals surface area contributed by atoms with E-state index in [0.29, 0.717) is 24.0 Å². The second-order valence-corrected chi connectivity index (χ2v) is 7.28. The maximum Gasteiger partial charge on any atom is 0.239 e. The van der Waals surface area contributed by atoms with Crippen molar-refractivity contribution in [2.24, 2.45) is 0 Å². The monoisotopic (exact) mass is 295 g/mol. The molecule has 0 aromatic carbocycles. The van der Waals surface area contributed by atoms with Crippen molar-refractivity contribution < 1.29 is 4.79 Å². The third-order valence-corrected chi connectivity index (χ3v) is 5.31. The minimum absolute atomic E-state index is 0.00121. The smallest absolute Gasteiger partial charge is 0.239 e. The Morgan fingerprint density at radius 1 is 1.19 bits per heavy atom. The van der Waals surface area contributed by atoms with Gasteiger partial charge >= 0.3 is 0 Å². The average molecular weight is 295 g/mol. The zero-order valence-corrected chi connectivity index (χ0v) is 14.4. The lowest BCUT2D eigenvalue weighted by atomic mass is 10.1. The van der Waals surface area contributed by atoms with E-state index < -0.39 is 0 Å². The first-order valence-electron chi connectivity index (χ1n) is 8.73.